The minimum Gasteiger partial charge on any atom is -0.303 e. The first-order valence-corrected chi connectivity index (χ1v) is 5.48. The maximum atomic E-state index is 13.1. The van der Waals surface area contributed by atoms with Gasteiger partial charge in [0.25, 0.3) is 5.56 Å². The van der Waals surface area contributed by atoms with E-state index in [1.165, 1.54) is 32.3 Å². The second-order valence-corrected chi connectivity index (χ2v) is 4.14. The lowest BCUT2D eigenvalue weighted by Gasteiger charge is -2.06. The van der Waals surface area contributed by atoms with Crippen molar-refractivity contribution in [3.63, 3.8) is 0 Å². The molecule has 0 fully saturated rings. The predicted octanol–water partition coefficient (Wildman–Crippen LogP) is 0.454. The highest BCUT2D eigenvalue weighted by Crippen LogP contribution is 2.07. The van der Waals surface area contributed by atoms with Crippen molar-refractivity contribution in [2.24, 2.45) is 14.1 Å². The first-order valence-electron chi connectivity index (χ1n) is 5.48. The molecule has 2 aromatic rings. The van der Waals surface area contributed by atoms with E-state index in [1.54, 1.807) is 0 Å². The smallest absolute Gasteiger partial charge is 0.303 e. The Balaban J connectivity index is 2.64. The molecule has 1 heterocycles. The SMILES string of the molecule is Cn1cc(C(=O)c2cccc(F)c2)c(=O)n(C)c1=O. The van der Waals surface area contributed by atoms with Crippen molar-refractivity contribution < 1.29 is 9.18 Å². The molecule has 0 N–H and O–H groups in total. The van der Waals surface area contributed by atoms with Gasteiger partial charge in [0.1, 0.15) is 11.4 Å². The Morgan fingerprint density at radius 2 is 1.89 bits per heavy atom. The summed E-state index contributed by atoms with van der Waals surface area (Å²) >= 11 is 0. The molecule has 0 atom stereocenters. The first kappa shape index (κ1) is 12.9. The molecule has 0 amide bonds. The summed E-state index contributed by atoms with van der Waals surface area (Å²) in [4.78, 5) is 35.5. The molecule has 1 aromatic carbocycles. The zero-order valence-corrected chi connectivity index (χ0v) is 10.4. The van der Waals surface area contributed by atoms with Gasteiger partial charge in [0, 0.05) is 25.9 Å². The van der Waals surface area contributed by atoms with Crippen molar-refractivity contribution in [1.29, 1.82) is 0 Å². The van der Waals surface area contributed by atoms with Gasteiger partial charge in [-0.25, -0.2) is 9.18 Å². The predicted molar refractivity (Wildman–Crippen MR) is 66.8 cm³/mol. The van der Waals surface area contributed by atoms with Gasteiger partial charge in [-0.2, -0.15) is 0 Å². The third-order valence-corrected chi connectivity index (χ3v) is 2.78. The number of hydrogen-bond acceptors (Lipinski definition) is 3. The molecule has 0 saturated carbocycles. The normalized spacial score (nSPS) is 10.5. The number of benzene rings is 1. The number of aromatic nitrogens is 2. The van der Waals surface area contributed by atoms with Gasteiger partial charge in [0.2, 0.25) is 0 Å². The number of carbonyl (C=O) groups is 1. The van der Waals surface area contributed by atoms with Crippen molar-refractivity contribution in [3.8, 4) is 0 Å². The number of nitrogens with zero attached hydrogens (tertiary/aromatic N) is 2. The van der Waals surface area contributed by atoms with E-state index in [0.29, 0.717) is 0 Å². The molecule has 5 nitrogen and oxygen atoms in total. The number of halogens is 1. The average molecular weight is 262 g/mol. The van der Waals surface area contributed by atoms with E-state index < -0.39 is 22.8 Å². The number of aryl methyl sites for hydroxylation is 1. The van der Waals surface area contributed by atoms with Crippen molar-refractivity contribution in [3.05, 3.63) is 68.2 Å². The fourth-order valence-electron chi connectivity index (χ4n) is 1.75. The second kappa shape index (κ2) is 4.64. The zero-order chi connectivity index (χ0) is 14.2. The molecule has 0 saturated heterocycles. The fourth-order valence-corrected chi connectivity index (χ4v) is 1.75. The van der Waals surface area contributed by atoms with Crippen molar-refractivity contribution in [2.75, 3.05) is 0 Å². The Kier molecular flexibility index (Phi) is 3.16. The number of hydrogen-bond donors (Lipinski definition) is 0. The van der Waals surface area contributed by atoms with Gasteiger partial charge in [0.15, 0.2) is 5.78 Å². The van der Waals surface area contributed by atoms with Crippen LogP contribution in [0.5, 0.6) is 0 Å². The molecule has 0 aliphatic heterocycles. The highest BCUT2D eigenvalue weighted by molar-refractivity contribution is 6.08. The summed E-state index contributed by atoms with van der Waals surface area (Å²) in [5.74, 6) is -1.18. The van der Waals surface area contributed by atoms with Gasteiger partial charge in [0.05, 0.1) is 0 Å². The Labute approximate surface area is 107 Å². The van der Waals surface area contributed by atoms with Crippen LogP contribution in [0.4, 0.5) is 4.39 Å². The average Bonchev–Trinajstić information content (AvgIpc) is 2.40. The molecule has 1 aromatic heterocycles. The quantitative estimate of drug-likeness (QED) is 0.738. The van der Waals surface area contributed by atoms with Gasteiger partial charge in [-0.05, 0) is 12.1 Å². The molecule has 19 heavy (non-hydrogen) atoms. The number of carbonyl (C=O) groups excluding carboxylic acids is 1. The van der Waals surface area contributed by atoms with Crippen molar-refractivity contribution in [1.82, 2.24) is 9.13 Å². The van der Waals surface area contributed by atoms with Crippen LogP contribution in [0.1, 0.15) is 15.9 Å². The summed E-state index contributed by atoms with van der Waals surface area (Å²) in [7, 11) is 2.72. The van der Waals surface area contributed by atoms with E-state index in [1.807, 2.05) is 0 Å². The monoisotopic (exact) mass is 262 g/mol. The van der Waals surface area contributed by atoms with Crippen LogP contribution < -0.4 is 11.2 Å². The standard InChI is InChI=1S/C13H11FN2O3/c1-15-7-10(12(18)16(2)13(15)19)11(17)8-4-3-5-9(14)6-8/h3-7H,1-2H3. The largest absolute Gasteiger partial charge is 0.330 e. The van der Waals surface area contributed by atoms with Crippen LogP contribution in [0.25, 0.3) is 0 Å². The summed E-state index contributed by atoms with van der Waals surface area (Å²) in [6.07, 6.45) is 1.16. The van der Waals surface area contributed by atoms with E-state index in [2.05, 4.69) is 0 Å². The molecule has 6 heteroatoms. The Morgan fingerprint density at radius 1 is 1.21 bits per heavy atom. The molecular formula is C13H11FN2O3. The zero-order valence-electron chi connectivity index (χ0n) is 10.4. The van der Waals surface area contributed by atoms with Crippen LogP contribution in [-0.2, 0) is 14.1 Å². The molecule has 0 aliphatic carbocycles. The lowest BCUT2D eigenvalue weighted by molar-refractivity contribution is 0.103. The maximum absolute atomic E-state index is 13.1. The van der Waals surface area contributed by atoms with Crippen LogP contribution in [0, 0.1) is 5.82 Å². The van der Waals surface area contributed by atoms with Crippen LogP contribution in [0.15, 0.2) is 40.1 Å². The topological polar surface area (TPSA) is 61.1 Å². The molecule has 0 bridgehead atoms. The van der Waals surface area contributed by atoms with Crippen LogP contribution in [-0.4, -0.2) is 14.9 Å². The lowest BCUT2D eigenvalue weighted by Crippen LogP contribution is -2.39. The molecule has 0 radical (unpaired) electrons. The number of rotatable bonds is 2. The van der Waals surface area contributed by atoms with Gasteiger partial charge in [-0.15, -0.1) is 0 Å². The van der Waals surface area contributed by atoms with Crippen LogP contribution >= 0.6 is 0 Å². The third kappa shape index (κ3) is 2.24. The Hall–Kier alpha value is -2.50. The van der Waals surface area contributed by atoms with Crippen LogP contribution in [0.3, 0.4) is 0 Å². The summed E-state index contributed by atoms with van der Waals surface area (Å²) in [5, 5.41) is 0. The summed E-state index contributed by atoms with van der Waals surface area (Å²) in [6, 6.07) is 5.05. The van der Waals surface area contributed by atoms with Crippen LogP contribution in [0.2, 0.25) is 0 Å². The molecule has 2 rings (SSSR count). The molecule has 0 aliphatic rings. The van der Waals surface area contributed by atoms with Gasteiger partial charge < -0.3 is 4.57 Å². The van der Waals surface area contributed by atoms with E-state index in [9.17, 15) is 18.8 Å². The highest BCUT2D eigenvalue weighted by Gasteiger charge is 2.16. The van der Waals surface area contributed by atoms with Gasteiger partial charge >= 0.3 is 5.69 Å². The summed E-state index contributed by atoms with van der Waals surface area (Å²) in [6.45, 7) is 0. The molecule has 98 valence electrons. The van der Waals surface area contributed by atoms with Crippen molar-refractivity contribution >= 4 is 5.78 Å². The van der Waals surface area contributed by atoms with E-state index in [4.69, 9.17) is 0 Å². The van der Waals surface area contributed by atoms with E-state index in [0.717, 1.165) is 21.4 Å². The Bertz CT molecular complexity index is 774. The van der Waals surface area contributed by atoms with Gasteiger partial charge in [-0.1, -0.05) is 12.1 Å². The second-order valence-electron chi connectivity index (χ2n) is 4.14. The third-order valence-electron chi connectivity index (χ3n) is 2.78. The summed E-state index contributed by atoms with van der Waals surface area (Å²) in [5.41, 5.74) is -1.33. The summed E-state index contributed by atoms with van der Waals surface area (Å²) < 4.78 is 15.0. The van der Waals surface area contributed by atoms with Crippen molar-refractivity contribution in [2.45, 2.75) is 0 Å². The maximum Gasteiger partial charge on any atom is 0.330 e. The molecular weight excluding hydrogens is 251 g/mol. The van der Waals surface area contributed by atoms with E-state index in [-0.39, 0.29) is 11.1 Å². The Morgan fingerprint density at radius 3 is 2.53 bits per heavy atom. The fraction of sp³-hybridized carbons (Fsp3) is 0.154. The molecule has 0 spiro atoms. The van der Waals surface area contributed by atoms with E-state index >= 15 is 0 Å². The number of ketones is 1. The first-order chi connectivity index (χ1) is 8.91. The van der Waals surface area contributed by atoms with Gasteiger partial charge in [-0.3, -0.25) is 14.2 Å². The molecule has 0 unspecified atom stereocenters. The minimum atomic E-state index is -0.697. The minimum absolute atomic E-state index is 0.0655. The lowest BCUT2D eigenvalue weighted by atomic mass is 10.1. The highest BCUT2D eigenvalue weighted by atomic mass is 19.1.